The predicted octanol–water partition coefficient (Wildman–Crippen LogP) is 29.0. The summed E-state index contributed by atoms with van der Waals surface area (Å²) >= 11 is 14.8. The monoisotopic (exact) mass is 1550 g/mol. The molecule has 0 aliphatic carbocycles. The van der Waals surface area contributed by atoms with Gasteiger partial charge in [-0.2, -0.15) is 26.2 Å². The van der Waals surface area contributed by atoms with Crippen LogP contribution in [0.2, 0.25) is 0 Å². The molecule has 0 unspecified atom stereocenters. The molecule has 0 saturated heterocycles. The average molecular weight is 1550 g/mol. The summed E-state index contributed by atoms with van der Waals surface area (Å²) in [5, 5.41) is 6.75. The van der Waals surface area contributed by atoms with Crippen LogP contribution in [0.25, 0.3) is 95.7 Å². The number of aryl methyl sites for hydroxylation is 6. The third-order valence-electron chi connectivity index (χ3n) is 20.1. The predicted molar refractivity (Wildman–Crippen MR) is 464 cm³/mol. The van der Waals surface area contributed by atoms with Gasteiger partial charge in [0.2, 0.25) is 0 Å². The lowest BCUT2D eigenvalue weighted by Crippen LogP contribution is -1.90. The zero-order valence-electron chi connectivity index (χ0n) is 62.0. The number of aromatic nitrogens is 6. The summed E-state index contributed by atoms with van der Waals surface area (Å²) in [6, 6.07) is 34.4. The van der Waals surface area contributed by atoms with Crippen molar-refractivity contribution in [3.63, 3.8) is 0 Å². The lowest BCUT2D eigenvalue weighted by Gasteiger charge is -2.09. The Bertz CT molecular complexity index is 4680. The molecule has 0 bridgehead atoms. The highest BCUT2D eigenvalue weighted by molar-refractivity contribution is 7.17. The fourth-order valence-electron chi connectivity index (χ4n) is 14.4. The number of hydrogen-bond donors (Lipinski definition) is 0. The molecule has 13 rings (SSSR count). The highest BCUT2D eigenvalue weighted by atomic mass is 32.1. The van der Waals surface area contributed by atoms with Gasteiger partial charge in [0.1, 0.15) is 33.1 Å². The first-order valence-corrected chi connectivity index (χ1v) is 46.2. The minimum absolute atomic E-state index is 0.885. The Kier molecular flexibility index (Phi) is 28.3. The topological polar surface area (TPSA) is 77.3 Å². The van der Waals surface area contributed by atoms with Crippen LogP contribution in [-0.2, 0) is 38.5 Å². The summed E-state index contributed by atoms with van der Waals surface area (Å²) in [5.74, 6) is 22.3. The smallest absolute Gasteiger partial charge is 0.114 e. The van der Waals surface area contributed by atoms with Gasteiger partial charge in [0.15, 0.2) is 0 Å². The third kappa shape index (κ3) is 19.0. The van der Waals surface area contributed by atoms with Gasteiger partial charge in [0.25, 0.3) is 0 Å². The molecule has 4 aromatic carbocycles. The van der Waals surface area contributed by atoms with Gasteiger partial charge in [0.05, 0.1) is 49.8 Å². The molecule has 9 aromatic heterocycles. The molecule has 0 N–H and O–H groups in total. The molecule has 9 heterocycles. The molecule has 0 amide bonds. The van der Waals surface area contributed by atoms with Crippen LogP contribution in [0, 0.1) is 35.5 Å². The van der Waals surface area contributed by atoms with Crippen molar-refractivity contribution in [2.75, 3.05) is 0 Å². The van der Waals surface area contributed by atoms with Crippen molar-refractivity contribution in [3.05, 3.63) is 172 Å². The first-order valence-electron chi connectivity index (χ1n) is 38.9. The van der Waals surface area contributed by atoms with Gasteiger partial charge in [-0.3, -0.25) is 0 Å². The van der Waals surface area contributed by atoms with Crippen molar-refractivity contribution in [2.45, 2.75) is 234 Å². The van der Waals surface area contributed by atoms with Crippen LogP contribution in [0.15, 0.2) is 107 Å². The van der Waals surface area contributed by atoms with Gasteiger partial charge in [-0.1, -0.05) is 229 Å². The first kappa shape index (κ1) is 76.4. The van der Waals surface area contributed by atoms with Crippen molar-refractivity contribution in [3.8, 4) is 98.2 Å². The molecule has 13 aromatic rings. The van der Waals surface area contributed by atoms with Crippen molar-refractivity contribution < 1.29 is 0 Å². The van der Waals surface area contributed by atoms with E-state index >= 15 is 0 Å². The Morgan fingerprint density at radius 2 is 0.467 bits per heavy atom. The number of hydrogen-bond acceptors (Lipinski definition) is 15. The molecule has 0 saturated carbocycles. The molecule has 540 valence electrons. The van der Waals surface area contributed by atoms with Gasteiger partial charge in [-0.15, -0.1) is 68.0 Å². The largest absolute Gasteiger partial charge is 0.172 e. The Morgan fingerprint density at radius 3 is 0.705 bits per heavy atom. The van der Waals surface area contributed by atoms with Crippen LogP contribution in [0.3, 0.4) is 0 Å². The standard InChI is InChI=1S/C90H96N6S9/c1-7-13-19-25-31-64-49-52-97-85(64)73-43-46-76(82-79(73)91-103-94-82)88-67(34-28-22-16-10-4)58-70(100-88)40-37-61-55-62(38-41-71-59-68(35-29-23-17-11-5)89(101-71)77-47-44-74(80-83(77)95-104-92-80)86-65(50-53-98-86)32-26-20-14-8-2)57-63(56-61)39-42-72-60-69(36-30-24-18-12-6)90(102-72)78-48-45-75(81-84(78)96-105-93-81)87-66(51-54-99-87)33-27-21-15-9-3/h43-60H,7-36H2,1-6H3. The minimum Gasteiger partial charge on any atom is -0.172 e. The van der Waals surface area contributed by atoms with Crippen LogP contribution in [0.1, 0.15) is 260 Å². The number of nitrogens with zero attached hydrogens (tertiary/aromatic N) is 6. The lowest BCUT2D eigenvalue weighted by atomic mass is 9.98. The SMILES string of the molecule is CCCCCCc1ccsc1-c1ccc(-c2sc(C#Cc3cc(C#Cc4cc(CCCCCC)c(-c5ccc(-c6sccc6CCCCCC)c6nsnc56)s4)cc(C#Cc4cc(CCCCCC)c(-c5ccc(-c6sccc6CCCCCC)c6nsnc56)s4)c3)cc2CCCCCC)c2nsnc12. The van der Waals surface area contributed by atoms with E-state index in [0.717, 1.165) is 139 Å². The van der Waals surface area contributed by atoms with Crippen molar-refractivity contribution in [1.82, 2.24) is 26.2 Å². The number of thiophene rings is 6. The first-order chi connectivity index (χ1) is 51.8. The number of fused-ring (bicyclic) bond motifs is 3. The average Bonchev–Trinajstić information content (AvgIpc) is 1.70. The van der Waals surface area contributed by atoms with Crippen LogP contribution < -0.4 is 0 Å². The third-order valence-corrected chi connectivity index (χ3v) is 28.0. The highest BCUT2D eigenvalue weighted by Gasteiger charge is 2.24. The Balaban J connectivity index is 0.882. The molecule has 0 spiro atoms. The summed E-state index contributed by atoms with van der Waals surface area (Å²) in [7, 11) is 0. The van der Waals surface area contributed by atoms with E-state index in [1.54, 1.807) is 34.0 Å². The summed E-state index contributed by atoms with van der Waals surface area (Å²) < 4.78 is 30.2. The second-order valence-electron chi connectivity index (χ2n) is 28.0. The van der Waals surface area contributed by atoms with E-state index < -0.39 is 0 Å². The minimum atomic E-state index is 0.885. The molecule has 0 aliphatic heterocycles. The van der Waals surface area contributed by atoms with Gasteiger partial charge in [-0.05, 0) is 181 Å². The maximum Gasteiger partial charge on any atom is 0.114 e. The van der Waals surface area contributed by atoms with Crippen LogP contribution in [0.5, 0.6) is 0 Å². The lowest BCUT2D eigenvalue weighted by molar-refractivity contribution is 0.668. The fourth-order valence-corrected chi connectivity index (χ4v) is 22.4. The van der Waals surface area contributed by atoms with Gasteiger partial charge in [0, 0.05) is 79.3 Å². The molecule has 105 heavy (non-hydrogen) atoms. The van der Waals surface area contributed by atoms with Crippen molar-refractivity contribution in [2.24, 2.45) is 0 Å². The summed E-state index contributed by atoms with van der Waals surface area (Å²) in [6.07, 6.45) is 35.4. The molecule has 6 nitrogen and oxygen atoms in total. The van der Waals surface area contributed by atoms with E-state index in [4.69, 9.17) is 26.2 Å². The molecule has 15 heteroatoms. The van der Waals surface area contributed by atoms with Gasteiger partial charge < -0.3 is 0 Å². The quantitative estimate of drug-likeness (QED) is 0.0288. The maximum atomic E-state index is 5.06. The van der Waals surface area contributed by atoms with Crippen molar-refractivity contribution in [1.29, 1.82) is 0 Å². The summed E-state index contributed by atoms with van der Waals surface area (Å²) in [6.45, 7) is 13.7. The zero-order chi connectivity index (χ0) is 72.1. The Hall–Kier alpha value is -6.78. The number of unbranched alkanes of at least 4 members (excludes halogenated alkanes) is 18. The molecule has 0 aliphatic rings. The van der Waals surface area contributed by atoms with E-state index in [9.17, 15) is 0 Å². The van der Waals surface area contributed by atoms with Crippen LogP contribution in [-0.4, -0.2) is 26.2 Å². The molecule has 0 radical (unpaired) electrons. The molecular weight excluding hydrogens is 1450 g/mol. The van der Waals surface area contributed by atoms with Gasteiger partial charge >= 0.3 is 0 Å². The highest BCUT2D eigenvalue weighted by Crippen LogP contribution is 2.47. The summed E-state index contributed by atoms with van der Waals surface area (Å²) in [5.41, 5.74) is 23.9. The van der Waals surface area contributed by atoms with Gasteiger partial charge in [-0.25, -0.2) is 0 Å². The summed E-state index contributed by atoms with van der Waals surface area (Å²) in [4.78, 5) is 10.8. The Morgan fingerprint density at radius 1 is 0.238 bits per heavy atom. The van der Waals surface area contributed by atoms with E-state index in [2.05, 4.69) is 184 Å². The maximum absolute atomic E-state index is 5.06. The zero-order valence-corrected chi connectivity index (χ0v) is 69.3. The van der Waals surface area contributed by atoms with E-state index in [1.165, 1.54) is 249 Å². The van der Waals surface area contributed by atoms with E-state index in [0.29, 0.717) is 0 Å². The second-order valence-corrected chi connectivity index (χ2v) is 35.5. The van der Waals surface area contributed by atoms with Crippen molar-refractivity contribution >= 4 is 136 Å². The Labute approximate surface area is 660 Å². The van der Waals surface area contributed by atoms with E-state index in [-0.39, 0.29) is 0 Å². The fraction of sp³-hybridized carbons (Fsp3) is 0.400. The molecule has 0 atom stereocenters. The second kappa shape index (κ2) is 38.8. The van der Waals surface area contributed by atoms with E-state index in [1.807, 2.05) is 34.0 Å². The van der Waals surface area contributed by atoms with Crippen LogP contribution in [0.4, 0.5) is 0 Å². The van der Waals surface area contributed by atoms with Crippen LogP contribution >= 0.6 is 103 Å². The normalized spacial score (nSPS) is 11.5. The number of benzene rings is 4. The molecular formula is C90H96N6S9. The molecule has 0 fully saturated rings. The number of rotatable bonds is 36.